The third-order valence-corrected chi connectivity index (χ3v) is 5.24. The van der Waals surface area contributed by atoms with Gasteiger partial charge in [-0.05, 0) is 18.4 Å². The smallest absolute Gasteiger partial charge is 0.350 e. The highest BCUT2D eigenvalue weighted by Crippen LogP contribution is 2.36. The number of thiophene rings is 1. The minimum atomic E-state index is -0.601. The second-order valence-corrected chi connectivity index (χ2v) is 7.94. The molecule has 1 N–H and O–H groups in total. The number of ether oxygens (including phenoxy) is 2. The topological polar surface area (TPSA) is 67.9 Å². The summed E-state index contributed by atoms with van der Waals surface area (Å²) in [7, 11) is 6.28. The molecular formula is C17H28N2O4S. The van der Waals surface area contributed by atoms with Crippen molar-refractivity contribution in [3.8, 4) is 0 Å². The number of carbonyl (C=O) groups excluding carboxylic acids is 2. The summed E-state index contributed by atoms with van der Waals surface area (Å²) >= 11 is 1.38. The zero-order chi connectivity index (χ0) is 18.7. The molecule has 0 aliphatic rings. The highest BCUT2D eigenvalue weighted by atomic mass is 32.1. The number of hydrogen-bond acceptors (Lipinski definition) is 6. The molecule has 1 heterocycles. The summed E-state index contributed by atoms with van der Waals surface area (Å²) in [5.41, 5.74) is 0.488. The van der Waals surface area contributed by atoms with Crippen LogP contribution in [-0.4, -0.2) is 57.2 Å². The SMILES string of the molecule is COC(=O)c1sc(C(C)(C)C)cc1N[C@H](C(=O)N(C)C)[C@@H](C)OC. The molecule has 1 aromatic rings. The minimum Gasteiger partial charge on any atom is -0.465 e. The molecule has 0 unspecified atom stereocenters. The van der Waals surface area contributed by atoms with E-state index in [1.807, 2.05) is 13.0 Å². The van der Waals surface area contributed by atoms with E-state index in [2.05, 4.69) is 26.1 Å². The molecule has 7 heteroatoms. The van der Waals surface area contributed by atoms with Crippen molar-refractivity contribution in [3.05, 3.63) is 15.8 Å². The Balaban J connectivity index is 3.29. The van der Waals surface area contributed by atoms with Crippen LogP contribution in [0, 0.1) is 0 Å². The summed E-state index contributed by atoms with van der Waals surface area (Å²) in [4.78, 5) is 27.6. The summed E-state index contributed by atoms with van der Waals surface area (Å²) in [5.74, 6) is -0.539. The van der Waals surface area contributed by atoms with E-state index in [1.54, 1.807) is 21.2 Å². The molecule has 6 nitrogen and oxygen atoms in total. The standard InChI is InChI=1S/C17H28N2O4S/c1-10(22-7)13(15(20)19(5)6)18-11-9-12(17(2,3)4)24-14(11)16(21)23-8/h9-10,13,18H,1-8H3/t10-,13+/m1/s1. The maximum Gasteiger partial charge on any atom is 0.350 e. The fourth-order valence-electron chi connectivity index (χ4n) is 2.07. The van der Waals surface area contributed by atoms with Crippen molar-refractivity contribution in [2.45, 2.75) is 45.3 Å². The Morgan fingerprint density at radius 2 is 1.83 bits per heavy atom. The largest absolute Gasteiger partial charge is 0.465 e. The molecule has 0 fully saturated rings. The molecule has 1 amide bonds. The van der Waals surface area contributed by atoms with Crippen LogP contribution in [0.3, 0.4) is 0 Å². The Kier molecular flexibility index (Phi) is 6.80. The fraction of sp³-hybridized carbons (Fsp3) is 0.647. The third-order valence-electron chi connectivity index (χ3n) is 3.70. The molecule has 24 heavy (non-hydrogen) atoms. The molecule has 0 aromatic carbocycles. The van der Waals surface area contributed by atoms with Crippen LogP contribution >= 0.6 is 11.3 Å². The molecule has 1 rings (SSSR count). The number of methoxy groups -OCH3 is 2. The van der Waals surface area contributed by atoms with Crippen LogP contribution in [0.4, 0.5) is 5.69 Å². The van der Waals surface area contributed by atoms with E-state index in [4.69, 9.17) is 9.47 Å². The number of rotatable bonds is 6. The number of amides is 1. The molecule has 136 valence electrons. The minimum absolute atomic E-state index is 0.110. The summed E-state index contributed by atoms with van der Waals surface area (Å²) < 4.78 is 10.2. The second-order valence-electron chi connectivity index (χ2n) is 6.89. The maximum absolute atomic E-state index is 12.5. The summed E-state index contributed by atoms with van der Waals surface area (Å²) in [6, 6.07) is 1.31. The zero-order valence-corrected chi connectivity index (χ0v) is 16.5. The summed E-state index contributed by atoms with van der Waals surface area (Å²) in [5, 5.41) is 3.18. The van der Waals surface area contributed by atoms with Crippen LogP contribution in [0.2, 0.25) is 0 Å². The van der Waals surface area contributed by atoms with Gasteiger partial charge in [0, 0.05) is 26.1 Å². The van der Waals surface area contributed by atoms with Gasteiger partial charge in [-0.2, -0.15) is 0 Å². The van der Waals surface area contributed by atoms with Gasteiger partial charge in [-0.25, -0.2) is 4.79 Å². The lowest BCUT2D eigenvalue weighted by molar-refractivity contribution is -0.132. The van der Waals surface area contributed by atoms with Crippen LogP contribution in [0.5, 0.6) is 0 Å². The van der Waals surface area contributed by atoms with Crippen LogP contribution < -0.4 is 5.32 Å². The average molecular weight is 356 g/mol. The molecule has 2 atom stereocenters. The quantitative estimate of drug-likeness (QED) is 0.794. The molecule has 0 saturated heterocycles. The van der Waals surface area contributed by atoms with E-state index in [1.165, 1.54) is 23.3 Å². The van der Waals surface area contributed by atoms with E-state index < -0.39 is 12.0 Å². The van der Waals surface area contributed by atoms with E-state index in [9.17, 15) is 9.59 Å². The van der Waals surface area contributed by atoms with Crippen molar-refractivity contribution < 1.29 is 19.1 Å². The first-order chi connectivity index (χ1) is 11.0. The fourth-order valence-corrected chi connectivity index (χ4v) is 3.17. The van der Waals surface area contributed by atoms with Crippen LogP contribution in [-0.2, 0) is 19.7 Å². The Morgan fingerprint density at radius 3 is 2.25 bits per heavy atom. The first kappa shape index (κ1) is 20.4. The van der Waals surface area contributed by atoms with Gasteiger partial charge < -0.3 is 19.7 Å². The second kappa shape index (κ2) is 7.98. The molecular weight excluding hydrogens is 328 g/mol. The molecule has 0 spiro atoms. The van der Waals surface area contributed by atoms with E-state index in [-0.39, 0.29) is 17.4 Å². The summed E-state index contributed by atoms with van der Waals surface area (Å²) in [6.45, 7) is 8.03. The first-order valence-corrected chi connectivity index (χ1v) is 8.57. The van der Waals surface area contributed by atoms with Crippen molar-refractivity contribution in [1.29, 1.82) is 0 Å². The molecule has 1 aromatic heterocycles. The highest BCUT2D eigenvalue weighted by Gasteiger charge is 2.30. The lowest BCUT2D eigenvalue weighted by atomic mass is 9.94. The number of likely N-dealkylation sites (N-methyl/N-ethyl adjacent to an activating group) is 1. The normalized spacial score (nSPS) is 14.0. The van der Waals surface area contributed by atoms with Gasteiger partial charge in [-0.1, -0.05) is 20.8 Å². The average Bonchev–Trinajstić information content (AvgIpc) is 2.94. The third kappa shape index (κ3) is 4.70. The van der Waals surface area contributed by atoms with E-state index in [0.29, 0.717) is 10.6 Å². The molecule has 0 aliphatic heterocycles. The number of anilines is 1. The Hall–Kier alpha value is -1.60. The molecule has 0 bridgehead atoms. The Labute approximate surface area is 148 Å². The Morgan fingerprint density at radius 1 is 1.25 bits per heavy atom. The van der Waals surface area contributed by atoms with Crippen LogP contribution in [0.1, 0.15) is 42.2 Å². The maximum atomic E-state index is 12.5. The predicted molar refractivity (Wildman–Crippen MR) is 96.9 cm³/mol. The molecule has 0 aliphatic carbocycles. The van der Waals surface area contributed by atoms with Crippen molar-refractivity contribution in [1.82, 2.24) is 4.90 Å². The van der Waals surface area contributed by atoms with Gasteiger partial charge in [0.15, 0.2) is 0 Å². The van der Waals surface area contributed by atoms with Gasteiger partial charge in [0.05, 0.1) is 18.9 Å². The number of nitrogens with one attached hydrogen (secondary N) is 1. The number of hydrogen-bond donors (Lipinski definition) is 1. The van der Waals surface area contributed by atoms with Crippen molar-refractivity contribution >= 4 is 28.9 Å². The summed E-state index contributed by atoms with van der Waals surface area (Å²) in [6.07, 6.45) is -0.358. The van der Waals surface area contributed by atoms with Gasteiger partial charge in [0.1, 0.15) is 10.9 Å². The zero-order valence-electron chi connectivity index (χ0n) is 15.7. The monoisotopic (exact) mass is 356 g/mol. The molecule has 0 radical (unpaired) electrons. The van der Waals surface area contributed by atoms with Gasteiger partial charge in [0.2, 0.25) is 5.91 Å². The lowest BCUT2D eigenvalue weighted by Crippen LogP contribution is -2.46. The van der Waals surface area contributed by atoms with E-state index in [0.717, 1.165) is 4.88 Å². The van der Waals surface area contributed by atoms with E-state index >= 15 is 0 Å². The number of carbonyl (C=O) groups is 2. The van der Waals surface area contributed by atoms with Gasteiger partial charge >= 0.3 is 5.97 Å². The van der Waals surface area contributed by atoms with Gasteiger partial charge in [-0.3, -0.25) is 4.79 Å². The Bertz CT molecular complexity index is 590. The van der Waals surface area contributed by atoms with Crippen LogP contribution in [0.15, 0.2) is 6.07 Å². The lowest BCUT2D eigenvalue weighted by Gasteiger charge is -2.26. The van der Waals surface area contributed by atoms with Crippen molar-refractivity contribution in [2.75, 3.05) is 33.6 Å². The van der Waals surface area contributed by atoms with Gasteiger partial charge in [-0.15, -0.1) is 11.3 Å². The predicted octanol–water partition coefficient (Wildman–Crippen LogP) is 2.74. The molecule has 0 saturated carbocycles. The van der Waals surface area contributed by atoms with Crippen molar-refractivity contribution in [3.63, 3.8) is 0 Å². The van der Waals surface area contributed by atoms with Crippen molar-refractivity contribution in [2.24, 2.45) is 0 Å². The highest BCUT2D eigenvalue weighted by molar-refractivity contribution is 7.14. The number of nitrogens with zero attached hydrogens (tertiary/aromatic N) is 1. The van der Waals surface area contributed by atoms with Gasteiger partial charge in [0.25, 0.3) is 0 Å². The number of esters is 1. The van der Waals surface area contributed by atoms with Crippen LogP contribution in [0.25, 0.3) is 0 Å². The first-order valence-electron chi connectivity index (χ1n) is 7.76.